The first-order valence-electron chi connectivity index (χ1n) is 8.98. The minimum absolute atomic E-state index is 0.00829. The summed E-state index contributed by atoms with van der Waals surface area (Å²) < 4.78 is 10.7. The van der Waals surface area contributed by atoms with Gasteiger partial charge in [-0.15, -0.1) is 0 Å². The Balaban J connectivity index is 1.77. The third-order valence-electron chi connectivity index (χ3n) is 4.97. The van der Waals surface area contributed by atoms with Crippen LogP contribution < -0.4 is 0 Å². The van der Waals surface area contributed by atoms with E-state index in [-0.39, 0.29) is 23.2 Å². The van der Waals surface area contributed by atoms with Crippen LogP contribution >= 0.6 is 0 Å². The Labute approximate surface area is 154 Å². The van der Waals surface area contributed by atoms with Gasteiger partial charge in [-0.25, -0.2) is 0 Å². The summed E-state index contributed by atoms with van der Waals surface area (Å²) in [4.78, 5) is 19.2. The lowest BCUT2D eigenvalue weighted by molar-refractivity contribution is 0.0775. The standard InChI is InChI=1S/C20H27N3O3/c1-13-21-18(26-22-13)17-11-23(10-15(17)12-25-5)19(24)14-6-8-16(9-7-14)20(2,3)4/h6-9,15,17H,10-12H2,1-5H3. The molecule has 2 heterocycles. The molecule has 2 unspecified atom stereocenters. The first kappa shape index (κ1) is 18.6. The predicted molar refractivity (Wildman–Crippen MR) is 98.2 cm³/mol. The van der Waals surface area contributed by atoms with Crippen LogP contribution in [0.5, 0.6) is 0 Å². The first-order valence-corrected chi connectivity index (χ1v) is 8.98. The number of aromatic nitrogens is 2. The fraction of sp³-hybridized carbons (Fsp3) is 0.550. The molecule has 1 amide bonds. The Hall–Kier alpha value is -2.21. The second-order valence-corrected chi connectivity index (χ2v) is 8.04. The van der Waals surface area contributed by atoms with E-state index in [4.69, 9.17) is 9.26 Å². The van der Waals surface area contributed by atoms with Gasteiger partial charge >= 0.3 is 0 Å². The van der Waals surface area contributed by atoms with Crippen molar-refractivity contribution in [1.29, 1.82) is 0 Å². The average molecular weight is 357 g/mol. The quantitative estimate of drug-likeness (QED) is 0.841. The van der Waals surface area contributed by atoms with Crippen molar-refractivity contribution < 1.29 is 14.1 Å². The number of carbonyl (C=O) groups excluding carboxylic acids is 1. The summed E-state index contributed by atoms with van der Waals surface area (Å²) in [5, 5.41) is 3.89. The van der Waals surface area contributed by atoms with Crippen LogP contribution in [0.1, 0.15) is 54.3 Å². The molecule has 1 aliphatic rings. The maximum atomic E-state index is 13.0. The minimum Gasteiger partial charge on any atom is -0.384 e. The zero-order valence-corrected chi connectivity index (χ0v) is 16.2. The van der Waals surface area contributed by atoms with Gasteiger partial charge in [-0.1, -0.05) is 38.1 Å². The molecule has 6 heteroatoms. The second kappa shape index (κ2) is 7.19. The highest BCUT2D eigenvalue weighted by atomic mass is 16.5. The summed E-state index contributed by atoms with van der Waals surface area (Å²) in [6.45, 7) is 10.0. The van der Waals surface area contributed by atoms with Crippen molar-refractivity contribution in [1.82, 2.24) is 15.0 Å². The number of methoxy groups -OCH3 is 1. The van der Waals surface area contributed by atoms with Crippen LogP contribution in [0.15, 0.2) is 28.8 Å². The number of likely N-dealkylation sites (tertiary alicyclic amines) is 1. The van der Waals surface area contributed by atoms with E-state index in [0.717, 1.165) is 0 Å². The molecule has 140 valence electrons. The van der Waals surface area contributed by atoms with E-state index in [0.29, 0.717) is 37.0 Å². The fourth-order valence-electron chi connectivity index (χ4n) is 3.46. The Morgan fingerprint density at radius 3 is 2.50 bits per heavy atom. The first-order chi connectivity index (χ1) is 12.3. The lowest BCUT2D eigenvalue weighted by atomic mass is 9.86. The Kier molecular flexibility index (Phi) is 5.14. The molecule has 2 aromatic rings. The van der Waals surface area contributed by atoms with Gasteiger partial charge in [0.1, 0.15) is 0 Å². The number of rotatable bonds is 4. The number of carbonyl (C=O) groups is 1. The van der Waals surface area contributed by atoms with Gasteiger partial charge in [-0.05, 0) is 30.0 Å². The molecule has 0 saturated carbocycles. The van der Waals surface area contributed by atoms with Gasteiger partial charge in [0, 0.05) is 31.7 Å². The maximum absolute atomic E-state index is 13.0. The lowest BCUT2D eigenvalue weighted by Crippen LogP contribution is -2.29. The number of aryl methyl sites for hydroxylation is 1. The molecule has 0 aliphatic carbocycles. The predicted octanol–water partition coefficient (Wildman–Crippen LogP) is 3.18. The highest BCUT2D eigenvalue weighted by molar-refractivity contribution is 5.94. The molecule has 1 fully saturated rings. The number of benzene rings is 1. The van der Waals surface area contributed by atoms with Crippen molar-refractivity contribution in [2.24, 2.45) is 5.92 Å². The molecule has 0 radical (unpaired) electrons. The summed E-state index contributed by atoms with van der Waals surface area (Å²) in [5.41, 5.74) is 1.99. The lowest BCUT2D eigenvalue weighted by Gasteiger charge is -2.20. The SMILES string of the molecule is COCC1CN(C(=O)c2ccc(C(C)(C)C)cc2)CC1c1nc(C)no1. The van der Waals surface area contributed by atoms with Crippen molar-refractivity contribution in [3.8, 4) is 0 Å². The third kappa shape index (κ3) is 3.80. The molecule has 0 bridgehead atoms. The van der Waals surface area contributed by atoms with Gasteiger partial charge in [0.15, 0.2) is 5.82 Å². The zero-order chi connectivity index (χ0) is 18.9. The number of nitrogens with zero attached hydrogens (tertiary/aromatic N) is 3. The van der Waals surface area contributed by atoms with E-state index in [1.54, 1.807) is 14.0 Å². The van der Waals surface area contributed by atoms with E-state index in [2.05, 4.69) is 30.9 Å². The van der Waals surface area contributed by atoms with Gasteiger partial charge in [-0.2, -0.15) is 4.98 Å². The van der Waals surface area contributed by atoms with E-state index < -0.39 is 0 Å². The molecular formula is C20H27N3O3. The number of amides is 1. The highest BCUT2D eigenvalue weighted by Gasteiger charge is 2.39. The number of ether oxygens (including phenoxy) is 1. The van der Waals surface area contributed by atoms with Gasteiger partial charge in [0.05, 0.1) is 12.5 Å². The van der Waals surface area contributed by atoms with Crippen LogP contribution in [-0.4, -0.2) is 47.8 Å². The minimum atomic E-state index is 0.00829. The molecular weight excluding hydrogens is 330 g/mol. The Morgan fingerprint density at radius 1 is 1.27 bits per heavy atom. The normalized spacial score (nSPS) is 20.6. The summed E-state index contributed by atoms with van der Waals surface area (Å²) in [6, 6.07) is 7.90. The monoisotopic (exact) mass is 357 g/mol. The molecule has 2 atom stereocenters. The fourth-order valence-corrected chi connectivity index (χ4v) is 3.46. The summed E-state index contributed by atoms with van der Waals surface area (Å²) in [5.74, 6) is 1.39. The summed E-state index contributed by atoms with van der Waals surface area (Å²) >= 11 is 0. The zero-order valence-electron chi connectivity index (χ0n) is 16.2. The molecule has 1 aromatic carbocycles. The smallest absolute Gasteiger partial charge is 0.253 e. The molecule has 0 N–H and O–H groups in total. The largest absolute Gasteiger partial charge is 0.384 e. The molecule has 26 heavy (non-hydrogen) atoms. The van der Waals surface area contributed by atoms with Crippen LogP contribution in [0.3, 0.4) is 0 Å². The van der Waals surface area contributed by atoms with E-state index in [1.807, 2.05) is 29.2 Å². The van der Waals surface area contributed by atoms with Crippen LogP contribution in [0.2, 0.25) is 0 Å². The highest BCUT2D eigenvalue weighted by Crippen LogP contribution is 2.33. The number of hydrogen-bond donors (Lipinski definition) is 0. The van der Waals surface area contributed by atoms with Crippen molar-refractivity contribution in [2.75, 3.05) is 26.8 Å². The molecule has 6 nitrogen and oxygen atoms in total. The Bertz CT molecular complexity index is 761. The Morgan fingerprint density at radius 2 is 1.96 bits per heavy atom. The maximum Gasteiger partial charge on any atom is 0.253 e. The average Bonchev–Trinajstić information content (AvgIpc) is 3.20. The molecule has 3 rings (SSSR count). The van der Waals surface area contributed by atoms with Gasteiger partial charge in [0.25, 0.3) is 5.91 Å². The molecule has 1 aliphatic heterocycles. The summed E-state index contributed by atoms with van der Waals surface area (Å²) in [6.07, 6.45) is 0. The van der Waals surface area contributed by atoms with Gasteiger partial charge in [-0.3, -0.25) is 4.79 Å². The van der Waals surface area contributed by atoms with Crippen molar-refractivity contribution >= 4 is 5.91 Å². The van der Waals surface area contributed by atoms with Crippen LogP contribution in [0.4, 0.5) is 0 Å². The van der Waals surface area contributed by atoms with Crippen LogP contribution in [-0.2, 0) is 10.2 Å². The van der Waals surface area contributed by atoms with E-state index >= 15 is 0 Å². The topological polar surface area (TPSA) is 68.5 Å². The molecule has 1 saturated heterocycles. The van der Waals surface area contributed by atoms with Gasteiger partial charge < -0.3 is 14.2 Å². The molecule has 1 aromatic heterocycles. The van der Waals surface area contributed by atoms with Crippen LogP contribution in [0.25, 0.3) is 0 Å². The third-order valence-corrected chi connectivity index (χ3v) is 4.97. The van der Waals surface area contributed by atoms with Crippen molar-refractivity contribution in [3.63, 3.8) is 0 Å². The van der Waals surface area contributed by atoms with Crippen molar-refractivity contribution in [3.05, 3.63) is 47.1 Å². The number of hydrogen-bond acceptors (Lipinski definition) is 5. The van der Waals surface area contributed by atoms with Gasteiger partial charge in [0.2, 0.25) is 5.89 Å². The van der Waals surface area contributed by atoms with E-state index in [1.165, 1.54) is 5.56 Å². The van der Waals surface area contributed by atoms with Crippen LogP contribution in [0, 0.1) is 12.8 Å². The van der Waals surface area contributed by atoms with E-state index in [9.17, 15) is 4.79 Å². The summed E-state index contributed by atoms with van der Waals surface area (Å²) in [7, 11) is 1.67. The van der Waals surface area contributed by atoms with Crippen molar-refractivity contribution in [2.45, 2.75) is 39.0 Å². The second-order valence-electron chi connectivity index (χ2n) is 8.04. The molecule has 0 spiro atoms.